The van der Waals surface area contributed by atoms with Gasteiger partial charge in [-0.3, -0.25) is 0 Å². The van der Waals surface area contributed by atoms with E-state index >= 15 is 0 Å². The van der Waals surface area contributed by atoms with Crippen LogP contribution in [-0.2, 0) is 0 Å². The van der Waals surface area contributed by atoms with Gasteiger partial charge in [0.1, 0.15) is 5.75 Å². The maximum Gasteiger partial charge on any atom is 0.335 e. The molecule has 0 atom stereocenters. The number of anilines is 1. The second-order valence-corrected chi connectivity index (χ2v) is 6.15. The van der Waals surface area contributed by atoms with Crippen LogP contribution >= 0.6 is 11.8 Å². The molecule has 1 aliphatic heterocycles. The number of urea groups is 1. The molecule has 1 fully saturated rings. The van der Waals surface area contributed by atoms with Gasteiger partial charge in [-0.2, -0.15) is 11.8 Å². The van der Waals surface area contributed by atoms with Crippen LogP contribution in [0.25, 0.3) is 0 Å². The third-order valence-electron chi connectivity index (χ3n) is 3.39. The van der Waals surface area contributed by atoms with Crippen molar-refractivity contribution in [3.8, 4) is 5.75 Å². The molecule has 0 unspecified atom stereocenters. The molecule has 1 heterocycles. The first-order chi connectivity index (χ1) is 10.1. The van der Waals surface area contributed by atoms with Crippen molar-refractivity contribution < 1.29 is 19.8 Å². The normalized spacial score (nSPS) is 15.4. The lowest BCUT2D eigenvalue weighted by Gasteiger charge is -2.21. The van der Waals surface area contributed by atoms with Crippen LogP contribution in [0.4, 0.5) is 10.5 Å². The number of hydrogen-bond acceptors (Lipinski definition) is 4. The van der Waals surface area contributed by atoms with Gasteiger partial charge in [0.05, 0.1) is 11.3 Å². The van der Waals surface area contributed by atoms with Gasteiger partial charge in [-0.25, -0.2) is 9.59 Å². The Morgan fingerprint density at radius 2 is 2.00 bits per heavy atom. The topological polar surface area (TPSA) is 98.7 Å². The molecule has 0 radical (unpaired) electrons. The Balaban J connectivity index is 1.85. The third-order valence-corrected chi connectivity index (χ3v) is 4.43. The van der Waals surface area contributed by atoms with E-state index in [2.05, 4.69) is 10.6 Å². The van der Waals surface area contributed by atoms with E-state index < -0.39 is 12.0 Å². The summed E-state index contributed by atoms with van der Waals surface area (Å²) in [5, 5.41) is 23.8. The number of rotatable bonds is 4. The molecule has 0 spiro atoms. The number of carbonyl (C=O) groups is 2. The van der Waals surface area contributed by atoms with Gasteiger partial charge in [-0.15, -0.1) is 0 Å². The van der Waals surface area contributed by atoms with E-state index in [1.165, 1.54) is 12.1 Å². The van der Waals surface area contributed by atoms with Crippen LogP contribution in [0.2, 0.25) is 0 Å². The molecule has 0 aliphatic carbocycles. The number of nitrogens with one attached hydrogen (secondary N) is 2. The van der Waals surface area contributed by atoms with Crippen LogP contribution in [0.15, 0.2) is 18.2 Å². The Bertz CT molecular complexity index is 530. The lowest BCUT2D eigenvalue weighted by atomic mass is 10.0. The number of benzene rings is 1. The van der Waals surface area contributed by atoms with Gasteiger partial charge in [0.2, 0.25) is 0 Å². The highest BCUT2D eigenvalue weighted by molar-refractivity contribution is 7.99. The minimum absolute atomic E-state index is 0.0295. The van der Waals surface area contributed by atoms with Crippen molar-refractivity contribution >= 4 is 29.4 Å². The van der Waals surface area contributed by atoms with Crippen molar-refractivity contribution in [3.05, 3.63) is 23.8 Å². The third kappa shape index (κ3) is 4.56. The molecule has 0 bridgehead atoms. The first-order valence-corrected chi connectivity index (χ1v) is 7.90. The van der Waals surface area contributed by atoms with Gasteiger partial charge in [-0.1, -0.05) is 0 Å². The molecule has 21 heavy (non-hydrogen) atoms. The molecule has 2 rings (SSSR count). The summed E-state index contributed by atoms with van der Waals surface area (Å²) in [6.45, 7) is 0.611. The summed E-state index contributed by atoms with van der Waals surface area (Å²) in [5.74, 6) is 1.37. The number of carbonyl (C=O) groups excluding carboxylic acids is 1. The zero-order valence-corrected chi connectivity index (χ0v) is 12.3. The fraction of sp³-hybridized carbons (Fsp3) is 0.429. The number of carboxylic acid groups (broad SMARTS) is 1. The summed E-state index contributed by atoms with van der Waals surface area (Å²) < 4.78 is 0. The predicted molar refractivity (Wildman–Crippen MR) is 82.1 cm³/mol. The number of carboxylic acids is 1. The first kappa shape index (κ1) is 15.5. The molecule has 4 N–H and O–H groups in total. The maximum absolute atomic E-state index is 11.8. The van der Waals surface area contributed by atoms with Gasteiger partial charge in [-0.05, 0) is 48.5 Å². The van der Waals surface area contributed by atoms with Crippen LogP contribution in [-0.4, -0.2) is 40.3 Å². The zero-order valence-electron chi connectivity index (χ0n) is 11.5. The lowest BCUT2D eigenvalue weighted by molar-refractivity contribution is 0.0696. The van der Waals surface area contributed by atoms with Gasteiger partial charge in [0.15, 0.2) is 0 Å². The summed E-state index contributed by atoms with van der Waals surface area (Å²) in [6.07, 6.45) is 2.20. The van der Waals surface area contributed by atoms with Crippen LogP contribution in [0.5, 0.6) is 5.75 Å². The number of aromatic hydroxyl groups is 1. The second kappa shape index (κ2) is 7.21. The Kier molecular flexibility index (Phi) is 5.32. The quantitative estimate of drug-likeness (QED) is 0.640. The monoisotopic (exact) mass is 310 g/mol. The minimum Gasteiger partial charge on any atom is -0.506 e. The Morgan fingerprint density at radius 3 is 2.62 bits per heavy atom. The molecule has 114 valence electrons. The summed E-state index contributed by atoms with van der Waals surface area (Å²) in [4.78, 5) is 22.5. The number of thioether (sulfide) groups is 1. The van der Waals surface area contributed by atoms with E-state index in [9.17, 15) is 14.7 Å². The fourth-order valence-electron chi connectivity index (χ4n) is 2.12. The SMILES string of the molecule is O=C(NCC1CCSCC1)Nc1ccc(C(=O)O)cc1O. The maximum atomic E-state index is 11.8. The Morgan fingerprint density at radius 1 is 1.29 bits per heavy atom. The van der Waals surface area contributed by atoms with E-state index in [1.807, 2.05) is 11.8 Å². The second-order valence-electron chi connectivity index (χ2n) is 4.93. The molecule has 1 aromatic rings. The molecule has 0 saturated carbocycles. The molecule has 1 aliphatic rings. The van der Waals surface area contributed by atoms with Gasteiger partial charge >= 0.3 is 12.0 Å². The minimum atomic E-state index is -1.13. The Hall–Kier alpha value is -1.89. The van der Waals surface area contributed by atoms with E-state index in [4.69, 9.17) is 5.11 Å². The number of phenols is 1. The summed E-state index contributed by atoms with van der Waals surface area (Å²) in [7, 11) is 0. The smallest absolute Gasteiger partial charge is 0.335 e. The molecular weight excluding hydrogens is 292 g/mol. The van der Waals surface area contributed by atoms with Crippen molar-refractivity contribution in [1.82, 2.24) is 5.32 Å². The zero-order chi connectivity index (χ0) is 15.2. The van der Waals surface area contributed by atoms with Gasteiger partial charge in [0, 0.05) is 6.54 Å². The highest BCUT2D eigenvalue weighted by Crippen LogP contribution is 2.24. The molecule has 1 aromatic carbocycles. The molecule has 6 nitrogen and oxygen atoms in total. The number of phenolic OH excluding ortho intramolecular Hbond substituents is 1. The van der Waals surface area contributed by atoms with Crippen LogP contribution < -0.4 is 10.6 Å². The summed E-state index contributed by atoms with van der Waals surface area (Å²) >= 11 is 1.93. The molecular formula is C14H18N2O4S. The summed E-state index contributed by atoms with van der Waals surface area (Å²) in [6, 6.07) is 3.41. The highest BCUT2D eigenvalue weighted by Gasteiger charge is 2.15. The molecule has 2 amide bonds. The van der Waals surface area contributed by atoms with Crippen LogP contribution in [0, 0.1) is 5.92 Å². The van der Waals surface area contributed by atoms with Crippen LogP contribution in [0.3, 0.4) is 0 Å². The van der Waals surface area contributed by atoms with E-state index in [0.29, 0.717) is 12.5 Å². The standard InChI is InChI=1S/C14H18N2O4S/c17-12-7-10(13(18)19)1-2-11(12)16-14(20)15-8-9-3-5-21-6-4-9/h1-2,7,9,17H,3-6,8H2,(H,18,19)(H2,15,16,20). The van der Waals surface area contributed by atoms with Gasteiger partial charge < -0.3 is 20.8 Å². The average molecular weight is 310 g/mol. The van der Waals surface area contributed by atoms with Crippen molar-refractivity contribution in [2.75, 3.05) is 23.4 Å². The Labute approximate surface area is 126 Å². The predicted octanol–water partition coefficient (Wildman–Crippen LogP) is 2.36. The van der Waals surface area contributed by atoms with E-state index in [0.717, 1.165) is 30.4 Å². The lowest BCUT2D eigenvalue weighted by Crippen LogP contribution is -2.34. The van der Waals surface area contributed by atoms with Crippen molar-refractivity contribution in [2.45, 2.75) is 12.8 Å². The first-order valence-electron chi connectivity index (χ1n) is 6.75. The molecule has 7 heteroatoms. The van der Waals surface area contributed by atoms with Crippen molar-refractivity contribution in [1.29, 1.82) is 0 Å². The molecule has 0 aromatic heterocycles. The van der Waals surface area contributed by atoms with E-state index in [-0.39, 0.29) is 17.0 Å². The molecule has 1 saturated heterocycles. The summed E-state index contributed by atoms with van der Waals surface area (Å²) in [5.41, 5.74) is 0.162. The highest BCUT2D eigenvalue weighted by atomic mass is 32.2. The number of hydrogen-bond donors (Lipinski definition) is 4. The largest absolute Gasteiger partial charge is 0.506 e. The van der Waals surface area contributed by atoms with Crippen molar-refractivity contribution in [3.63, 3.8) is 0 Å². The van der Waals surface area contributed by atoms with Gasteiger partial charge in [0.25, 0.3) is 0 Å². The average Bonchev–Trinajstić information content (AvgIpc) is 2.48. The number of amides is 2. The van der Waals surface area contributed by atoms with Crippen molar-refractivity contribution in [2.24, 2.45) is 5.92 Å². The van der Waals surface area contributed by atoms with E-state index in [1.54, 1.807) is 0 Å². The fourth-order valence-corrected chi connectivity index (χ4v) is 3.33. The van der Waals surface area contributed by atoms with Crippen LogP contribution in [0.1, 0.15) is 23.2 Å². The number of aromatic carboxylic acids is 1.